The standard InChI is InChI=1S/C9H15N3O10/c13-8(10-3-1-9(14)15)2-4-20-5-7(22-12(18)19)6-21-11(16)17/h7H,1-6H2,(H,10,13)(H,14,15). The third kappa shape index (κ3) is 12.3. The van der Waals surface area contributed by atoms with E-state index in [0.717, 1.165) is 0 Å². The van der Waals surface area contributed by atoms with Crippen LogP contribution < -0.4 is 5.32 Å². The quantitative estimate of drug-likeness (QED) is 0.236. The van der Waals surface area contributed by atoms with Crippen molar-refractivity contribution in [3.63, 3.8) is 0 Å². The van der Waals surface area contributed by atoms with Crippen LogP contribution in [0, 0.1) is 20.2 Å². The predicted molar refractivity (Wildman–Crippen MR) is 65.5 cm³/mol. The van der Waals surface area contributed by atoms with Crippen LogP contribution in [0.25, 0.3) is 0 Å². The Morgan fingerprint density at radius 2 is 1.82 bits per heavy atom. The van der Waals surface area contributed by atoms with E-state index in [0.29, 0.717) is 0 Å². The topological polar surface area (TPSA) is 180 Å². The zero-order valence-electron chi connectivity index (χ0n) is 11.3. The number of hydrogen-bond acceptors (Lipinski definition) is 9. The minimum absolute atomic E-state index is 0.0299. The molecular formula is C9H15N3O10. The number of nitrogens with zero attached hydrogens (tertiary/aromatic N) is 2. The summed E-state index contributed by atoms with van der Waals surface area (Å²) in [6.07, 6.45) is -1.64. The highest BCUT2D eigenvalue weighted by atomic mass is 17.0. The van der Waals surface area contributed by atoms with Gasteiger partial charge in [-0.25, -0.2) is 0 Å². The Kier molecular flexibility index (Phi) is 9.66. The molecule has 2 N–H and O–H groups in total. The molecule has 22 heavy (non-hydrogen) atoms. The van der Waals surface area contributed by atoms with Crippen molar-refractivity contribution in [3.05, 3.63) is 20.2 Å². The van der Waals surface area contributed by atoms with Gasteiger partial charge in [0.25, 0.3) is 10.2 Å². The van der Waals surface area contributed by atoms with Gasteiger partial charge in [0.15, 0.2) is 6.10 Å². The molecule has 0 saturated carbocycles. The Morgan fingerprint density at radius 1 is 1.14 bits per heavy atom. The summed E-state index contributed by atoms with van der Waals surface area (Å²) in [5.41, 5.74) is 0. The molecule has 0 aliphatic carbocycles. The SMILES string of the molecule is O=C(O)CCNC(=O)CCOCC(CO[N+](=O)[O-])O[N+](=O)[O-]. The van der Waals surface area contributed by atoms with Gasteiger partial charge in [0.05, 0.1) is 19.6 Å². The molecule has 0 aromatic rings. The summed E-state index contributed by atoms with van der Waals surface area (Å²) in [4.78, 5) is 49.6. The van der Waals surface area contributed by atoms with E-state index >= 15 is 0 Å². The maximum Gasteiger partial charge on any atom is 0.305 e. The van der Waals surface area contributed by atoms with Crippen LogP contribution in [0.3, 0.4) is 0 Å². The number of hydrogen-bond donors (Lipinski definition) is 2. The van der Waals surface area contributed by atoms with E-state index in [9.17, 15) is 29.8 Å². The Hall–Kier alpha value is -2.70. The first-order valence-electron chi connectivity index (χ1n) is 5.96. The number of carbonyl (C=O) groups is 2. The molecule has 0 aliphatic rings. The van der Waals surface area contributed by atoms with E-state index in [-0.39, 0.29) is 26.0 Å². The maximum absolute atomic E-state index is 11.2. The minimum Gasteiger partial charge on any atom is -0.481 e. The van der Waals surface area contributed by atoms with Crippen LogP contribution in [-0.4, -0.2) is 59.6 Å². The Labute approximate surface area is 123 Å². The summed E-state index contributed by atoms with van der Waals surface area (Å²) in [7, 11) is 0. The van der Waals surface area contributed by atoms with Crippen LogP contribution in [0.1, 0.15) is 12.8 Å². The van der Waals surface area contributed by atoms with Crippen LogP contribution in [0.15, 0.2) is 0 Å². The highest BCUT2D eigenvalue weighted by molar-refractivity contribution is 5.76. The molecule has 0 heterocycles. The molecule has 0 aromatic carbocycles. The second-order valence-corrected chi connectivity index (χ2v) is 3.79. The molecule has 0 rings (SSSR count). The van der Waals surface area contributed by atoms with E-state index in [1.165, 1.54) is 0 Å². The largest absolute Gasteiger partial charge is 0.481 e. The van der Waals surface area contributed by atoms with Crippen LogP contribution in [0.2, 0.25) is 0 Å². The zero-order chi connectivity index (χ0) is 17.0. The highest BCUT2D eigenvalue weighted by Crippen LogP contribution is 1.97. The van der Waals surface area contributed by atoms with E-state index < -0.39 is 41.4 Å². The molecule has 0 radical (unpaired) electrons. The maximum atomic E-state index is 11.2. The second kappa shape index (κ2) is 11.0. The Balaban J connectivity index is 3.86. The van der Waals surface area contributed by atoms with E-state index in [1.54, 1.807) is 0 Å². The summed E-state index contributed by atoms with van der Waals surface area (Å²) in [5.74, 6) is -1.52. The van der Waals surface area contributed by atoms with Crippen molar-refractivity contribution in [2.45, 2.75) is 18.9 Å². The fourth-order valence-corrected chi connectivity index (χ4v) is 1.15. The van der Waals surface area contributed by atoms with Crippen molar-refractivity contribution < 1.29 is 39.3 Å². The Morgan fingerprint density at radius 3 is 2.36 bits per heavy atom. The van der Waals surface area contributed by atoms with Gasteiger partial charge in [-0.15, -0.1) is 20.2 Å². The van der Waals surface area contributed by atoms with Crippen molar-refractivity contribution in [1.29, 1.82) is 0 Å². The number of carboxylic acid groups (broad SMARTS) is 1. The monoisotopic (exact) mass is 325 g/mol. The lowest BCUT2D eigenvalue weighted by atomic mass is 10.3. The summed E-state index contributed by atoms with van der Waals surface area (Å²) in [6.45, 7) is -1.25. The first-order valence-corrected chi connectivity index (χ1v) is 5.96. The average molecular weight is 325 g/mol. The number of aliphatic carboxylic acids is 1. The van der Waals surface area contributed by atoms with Crippen molar-refractivity contribution >= 4 is 11.9 Å². The van der Waals surface area contributed by atoms with Gasteiger partial charge in [-0.1, -0.05) is 0 Å². The second-order valence-electron chi connectivity index (χ2n) is 3.79. The number of carbonyl (C=O) groups excluding carboxylic acids is 1. The average Bonchev–Trinajstić information content (AvgIpc) is 2.39. The first-order chi connectivity index (χ1) is 10.3. The van der Waals surface area contributed by atoms with Gasteiger partial charge in [-0.3, -0.25) is 9.59 Å². The van der Waals surface area contributed by atoms with E-state index in [1.807, 2.05) is 0 Å². The number of rotatable bonds is 13. The molecule has 13 heteroatoms. The predicted octanol–water partition coefficient (Wildman–Crippen LogP) is -1.23. The summed E-state index contributed by atoms with van der Waals surface area (Å²) >= 11 is 0. The molecule has 13 nitrogen and oxygen atoms in total. The van der Waals surface area contributed by atoms with Crippen LogP contribution >= 0.6 is 0 Å². The number of ether oxygens (including phenoxy) is 1. The molecule has 0 fully saturated rings. The molecule has 0 saturated heterocycles. The lowest BCUT2D eigenvalue weighted by Gasteiger charge is -2.13. The van der Waals surface area contributed by atoms with Gasteiger partial charge in [0, 0.05) is 13.0 Å². The normalized spacial score (nSPS) is 11.3. The number of nitrogens with one attached hydrogen (secondary N) is 1. The van der Waals surface area contributed by atoms with Crippen molar-refractivity contribution in [1.82, 2.24) is 5.32 Å². The van der Waals surface area contributed by atoms with Crippen LogP contribution in [0.5, 0.6) is 0 Å². The Bertz CT molecular complexity index is 401. The van der Waals surface area contributed by atoms with Gasteiger partial charge in [0.1, 0.15) is 6.61 Å². The molecule has 1 amide bonds. The van der Waals surface area contributed by atoms with Crippen LogP contribution in [-0.2, 0) is 24.0 Å². The van der Waals surface area contributed by atoms with Crippen LogP contribution in [0.4, 0.5) is 0 Å². The van der Waals surface area contributed by atoms with Gasteiger partial charge in [-0.05, 0) is 0 Å². The molecule has 0 aromatic heterocycles. The molecule has 0 bridgehead atoms. The molecule has 0 aliphatic heterocycles. The summed E-state index contributed by atoms with van der Waals surface area (Å²) < 4.78 is 4.92. The molecule has 1 unspecified atom stereocenters. The first kappa shape index (κ1) is 19.3. The van der Waals surface area contributed by atoms with Crippen molar-refractivity contribution in [2.75, 3.05) is 26.4 Å². The van der Waals surface area contributed by atoms with E-state index in [2.05, 4.69) is 15.0 Å². The van der Waals surface area contributed by atoms with Crippen molar-refractivity contribution in [3.8, 4) is 0 Å². The van der Waals surface area contributed by atoms with E-state index in [4.69, 9.17) is 9.84 Å². The van der Waals surface area contributed by atoms with Crippen molar-refractivity contribution in [2.24, 2.45) is 0 Å². The fourth-order valence-electron chi connectivity index (χ4n) is 1.15. The van der Waals surface area contributed by atoms with Gasteiger partial charge < -0.3 is 24.8 Å². The van der Waals surface area contributed by atoms with Gasteiger partial charge in [-0.2, -0.15) is 0 Å². The third-order valence-electron chi connectivity index (χ3n) is 2.04. The lowest BCUT2D eigenvalue weighted by molar-refractivity contribution is -0.790. The summed E-state index contributed by atoms with van der Waals surface area (Å²) in [6, 6.07) is 0. The molecular weight excluding hydrogens is 310 g/mol. The number of amides is 1. The molecule has 126 valence electrons. The van der Waals surface area contributed by atoms with Gasteiger partial charge >= 0.3 is 5.97 Å². The number of carboxylic acids is 1. The lowest BCUT2D eigenvalue weighted by Crippen LogP contribution is -2.30. The molecule has 0 spiro atoms. The minimum atomic E-state index is -1.31. The molecule has 1 atom stereocenters. The third-order valence-corrected chi connectivity index (χ3v) is 2.04. The fraction of sp³-hybridized carbons (Fsp3) is 0.778. The zero-order valence-corrected chi connectivity index (χ0v) is 11.3. The highest BCUT2D eigenvalue weighted by Gasteiger charge is 2.16. The summed E-state index contributed by atoms with van der Waals surface area (Å²) in [5, 5.41) is 28.5. The van der Waals surface area contributed by atoms with Gasteiger partial charge in [0.2, 0.25) is 5.91 Å². The smallest absolute Gasteiger partial charge is 0.305 e.